The average Bonchev–Trinajstić information content (AvgIpc) is 2.65. The number of ketones is 1. The molecule has 1 aromatic carbocycles. The van der Waals surface area contributed by atoms with E-state index in [0.29, 0.717) is 12.0 Å². The van der Waals surface area contributed by atoms with Crippen LogP contribution >= 0.6 is 22.6 Å². The molecule has 1 aromatic rings. The van der Waals surface area contributed by atoms with Gasteiger partial charge in [-0.25, -0.2) is 0 Å². The Bertz CT molecular complexity index is 414. The molecule has 0 saturated heterocycles. The Morgan fingerprint density at radius 3 is 2.56 bits per heavy atom. The SMILES string of the molecule is O=C(N[C@@H]1CCCC1=O)c1ccc(I)cc1. The minimum absolute atomic E-state index is 0.152. The number of amides is 1. The zero-order valence-corrected chi connectivity index (χ0v) is 10.9. The van der Waals surface area contributed by atoms with Crippen molar-refractivity contribution in [2.75, 3.05) is 0 Å². The molecule has 1 aliphatic rings. The highest BCUT2D eigenvalue weighted by Gasteiger charge is 2.25. The van der Waals surface area contributed by atoms with Gasteiger partial charge in [0.2, 0.25) is 0 Å². The van der Waals surface area contributed by atoms with Gasteiger partial charge < -0.3 is 5.32 Å². The fourth-order valence-electron chi connectivity index (χ4n) is 1.81. The van der Waals surface area contributed by atoms with E-state index in [1.165, 1.54) is 0 Å². The molecule has 0 aliphatic heterocycles. The van der Waals surface area contributed by atoms with Crippen molar-refractivity contribution in [3.05, 3.63) is 33.4 Å². The van der Waals surface area contributed by atoms with Crippen LogP contribution in [0.1, 0.15) is 29.6 Å². The molecule has 0 radical (unpaired) electrons. The second kappa shape index (κ2) is 4.95. The maximum absolute atomic E-state index is 11.8. The van der Waals surface area contributed by atoms with Gasteiger partial charge in [-0.1, -0.05) is 0 Å². The van der Waals surface area contributed by atoms with E-state index in [4.69, 9.17) is 0 Å². The van der Waals surface area contributed by atoms with Gasteiger partial charge >= 0.3 is 0 Å². The summed E-state index contributed by atoms with van der Waals surface area (Å²) in [6.45, 7) is 0. The van der Waals surface area contributed by atoms with E-state index in [-0.39, 0.29) is 17.7 Å². The molecular weight excluding hydrogens is 317 g/mol. The molecule has 84 valence electrons. The zero-order chi connectivity index (χ0) is 11.5. The highest BCUT2D eigenvalue weighted by molar-refractivity contribution is 14.1. The summed E-state index contributed by atoms with van der Waals surface area (Å²) < 4.78 is 1.09. The Labute approximate surface area is 108 Å². The topological polar surface area (TPSA) is 46.2 Å². The normalized spacial score (nSPS) is 19.8. The zero-order valence-electron chi connectivity index (χ0n) is 8.70. The fourth-order valence-corrected chi connectivity index (χ4v) is 2.17. The standard InChI is InChI=1S/C12H12INO2/c13-9-6-4-8(5-7-9)12(16)14-10-2-1-3-11(10)15/h4-7,10H,1-3H2,(H,14,16)/t10-/m1/s1. The molecule has 0 bridgehead atoms. The number of halogens is 1. The van der Waals surface area contributed by atoms with Crippen LogP contribution in [0.15, 0.2) is 24.3 Å². The third kappa shape index (κ3) is 2.61. The lowest BCUT2D eigenvalue weighted by atomic mass is 10.2. The van der Waals surface area contributed by atoms with Gasteiger partial charge in [0.05, 0.1) is 6.04 Å². The van der Waals surface area contributed by atoms with Crippen LogP contribution in [0.3, 0.4) is 0 Å². The van der Waals surface area contributed by atoms with Crippen molar-refractivity contribution in [3.8, 4) is 0 Å². The molecule has 16 heavy (non-hydrogen) atoms. The van der Waals surface area contributed by atoms with E-state index in [0.717, 1.165) is 16.4 Å². The van der Waals surface area contributed by atoms with Gasteiger partial charge in [0.15, 0.2) is 5.78 Å². The molecule has 0 unspecified atom stereocenters. The number of carbonyl (C=O) groups excluding carboxylic acids is 2. The lowest BCUT2D eigenvalue weighted by Crippen LogP contribution is -2.37. The van der Waals surface area contributed by atoms with E-state index < -0.39 is 0 Å². The molecule has 3 nitrogen and oxygen atoms in total. The van der Waals surface area contributed by atoms with Crippen LogP contribution in [-0.4, -0.2) is 17.7 Å². The number of nitrogens with one attached hydrogen (secondary N) is 1. The molecule has 0 heterocycles. The fraction of sp³-hybridized carbons (Fsp3) is 0.333. The Balaban J connectivity index is 2.02. The smallest absolute Gasteiger partial charge is 0.251 e. The summed E-state index contributed by atoms with van der Waals surface area (Å²) in [5, 5.41) is 2.77. The molecular formula is C12H12INO2. The van der Waals surface area contributed by atoms with E-state index in [2.05, 4.69) is 27.9 Å². The lowest BCUT2D eigenvalue weighted by Gasteiger charge is -2.10. The molecule has 1 amide bonds. The summed E-state index contributed by atoms with van der Waals surface area (Å²) in [6.07, 6.45) is 2.25. The number of carbonyl (C=O) groups is 2. The summed E-state index contributed by atoms with van der Waals surface area (Å²) in [5.74, 6) is -0.00416. The molecule has 1 N–H and O–H groups in total. The van der Waals surface area contributed by atoms with Crippen molar-refractivity contribution < 1.29 is 9.59 Å². The number of rotatable bonds is 2. The Morgan fingerprint density at radius 2 is 2.00 bits per heavy atom. The van der Waals surface area contributed by atoms with Crippen molar-refractivity contribution in [1.82, 2.24) is 5.32 Å². The lowest BCUT2D eigenvalue weighted by molar-refractivity contribution is -0.118. The van der Waals surface area contributed by atoms with Gasteiger partial charge in [0.1, 0.15) is 0 Å². The number of benzene rings is 1. The third-order valence-electron chi connectivity index (χ3n) is 2.72. The predicted octanol–water partition coefficient (Wildman–Crippen LogP) is 2.14. The van der Waals surface area contributed by atoms with Crippen molar-refractivity contribution in [2.45, 2.75) is 25.3 Å². The molecule has 0 spiro atoms. The monoisotopic (exact) mass is 329 g/mol. The van der Waals surface area contributed by atoms with Crippen molar-refractivity contribution in [3.63, 3.8) is 0 Å². The minimum Gasteiger partial charge on any atom is -0.342 e. The van der Waals surface area contributed by atoms with Crippen molar-refractivity contribution >= 4 is 34.3 Å². The van der Waals surface area contributed by atoms with Crippen LogP contribution in [0.25, 0.3) is 0 Å². The number of Topliss-reactive ketones (excluding diaryl/α,β-unsaturated/α-hetero) is 1. The first-order valence-electron chi connectivity index (χ1n) is 5.26. The first-order chi connectivity index (χ1) is 7.66. The van der Waals surface area contributed by atoms with Crippen LogP contribution in [0.2, 0.25) is 0 Å². The van der Waals surface area contributed by atoms with Gasteiger partial charge in [-0.05, 0) is 59.7 Å². The van der Waals surface area contributed by atoms with Crippen LogP contribution in [-0.2, 0) is 4.79 Å². The Hall–Kier alpha value is -0.910. The Morgan fingerprint density at radius 1 is 1.31 bits per heavy atom. The summed E-state index contributed by atoms with van der Waals surface area (Å²) in [5.41, 5.74) is 0.611. The van der Waals surface area contributed by atoms with E-state index in [9.17, 15) is 9.59 Å². The van der Waals surface area contributed by atoms with Crippen molar-refractivity contribution in [1.29, 1.82) is 0 Å². The predicted molar refractivity (Wildman–Crippen MR) is 69.3 cm³/mol. The second-order valence-corrected chi connectivity index (χ2v) is 5.14. The van der Waals surface area contributed by atoms with E-state index in [1.54, 1.807) is 12.1 Å². The summed E-state index contributed by atoms with van der Waals surface area (Å²) in [7, 11) is 0. The van der Waals surface area contributed by atoms with E-state index >= 15 is 0 Å². The largest absolute Gasteiger partial charge is 0.342 e. The Kier molecular flexibility index (Phi) is 3.58. The first-order valence-corrected chi connectivity index (χ1v) is 6.34. The van der Waals surface area contributed by atoms with Crippen LogP contribution in [0.5, 0.6) is 0 Å². The average molecular weight is 329 g/mol. The van der Waals surface area contributed by atoms with Crippen molar-refractivity contribution in [2.24, 2.45) is 0 Å². The highest BCUT2D eigenvalue weighted by Crippen LogP contribution is 2.15. The van der Waals surface area contributed by atoms with Gasteiger partial charge in [-0.15, -0.1) is 0 Å². The molecule has 1 atom stereocenters. The van der Waals surface area contributed by atoms with Crippen LogP contribution in [0, 0.1) is 3.57 Å². The van der Waals surface area contributed by atoms with E-state index in [1.807, 2.05) is 12.1 Å². The summed E-state index contributed by atoms with van der Waals surface area (Å²) in [4.78, 5) is 23.2. The maximum Gasteiger partial charge on any atom is 0.251 e. The molecule has 1 saturated carbocycles. The molecule has 1 fully saturated rings. The summed E-state index contributed by atoms with van der Waals surface area (Å²) >= 11 is 2.19. The van der Waals surface area contributed by atoms with Gasteiger partial charge in [0.25, 0.3) is 5.91 Å². The molecule has 1 aliphatic carbocycles. The summed E-state index contributed by atoms with van der Waals surface area (Å²) in [6, 6.07) is 7.04. The molecule has 2 rings (SSSR count). The molecule has 4 heteroatoms. The first kappa shape index (κ1) is 11.6. The minimum atomic E-state index is -0.272. The second-order valence-electron chi connectivity index (χ2n) is 3.89. The molecule has 0 aromatic heterocycles. The quantitative estimate of drug-likeness (QED) is 0.845. The van der Waals surface area contributed by atoms with Crippen LogP contribution in [0.4, 0.5) is 0 Å². The van der Waals surface area contributed by atoms with Crippen LogP contribution < -0.4 is 5.32 Å². The highest BCUT2D eigenvalue weighted by atomic mass is 127. The van der Waals surface area contributed by atoms with Gasteiger partial charge in [0, 0.05) is 15.6 Å². The van der Waals surface area contributed by atoms with Gasteiger partial charge in [-0.3, -0.25) is 9.59 Å². The van der Waals surface area contributed by atoms with Gasteiger partial charge in [-0.2, -0.15) is 0 Å². The maximum atomic E-state index is 11.8. The number of hydrogen-bond acceptors (Lipinski definition) is 2. The third-order valence-corrected chi connectivity index (χ3v) is 3.44. The number of hydrogen-bond donors (Lipinski definition) is 1.